The first kappa shape index (κ1) is 14.5. The van der Waals surface area contributed by atoms with Gasteiger partial charge >= 0.3 is 0 Å². The summed E-state index contributed by atoms with van der Waals surface area (Å²) in [6.07, 6.45) is 4.03. The van der Waals surface area contributed by atoms with Gasteiger partial charge in [-0.1, -0.05) is 30.7 Å². The molecule has 3 nitrogen and oxygen atoms in total. The third kappa shape index (κ3) is 3.78. The van der Waals surface area contributed by atoms with Gasteiger partial charge in [-0.15, -0.1) is 0 Å². The lowest BCUT2D eigenvalue weighted by Crippen LogP contribution is -2.25. The predicted octanol–water partition coefficient (Wildman–Crippen LogP) is 2.88. The van der Waals surface area contributed by atoms with Crippen molar-refractivity contribution in [3.8, 4) is 0 Å². The minimum atomic E-state index is 0.272. The van der Waals surface area contributed by atoms with E-state index in [1.54, 1.807) is 7.11 Å². The molecule has 1 aliphatic carbocycles. The van der Waals surface area contributed by atoms with Gasteiger partial charge in [-0.25, -0.2) is 0 Å². The molecule has 1 aromatic rings. The van der Waals surface area contributed by atoms with Crippen molar-refractivity contribution < 1.29 is 9.47 Å². The summed E-state index contributed by atoms with van der Waals surface area (Å²) >= 11 is 0. The highest BCUT2D eigenvalue weighted by molar-refractivity contribution is 5.34. The molecule has 0 bridgehead atoms. The van der Waals surface area contributed by atoms with Crippen molar-refractivity contribution in [1.29, 1.82) is 0 Å². The van der Waals surface area contributed by atoms with E-state index < -0.39 is 0 Å². The molecule has 1 fully saturated rings. The van der Waals surface area contributed by atoms with Crippen LogP contribution in [0.2, 0.25) is 0 Å². The number of likely N-dealkylation sites (N-methyl/N-ethyl adjacent to an activating group) is 1. The summed E-state index contributed by atoms with van der Waals surface area (Å²) in [4.78, 5) is 0. The summed E-state index contributed by atoms with van der Waals surface area (Å²) in [7, 11) is 3.70. The van der Waals surface area contributed by atoms with Gasteiger partial charge in [-0.3, -0.25) is 0 Å². The summed E-state index contributed by atoms with van der Waals surface area (Å²) < 4.78 is 10.7. The average molecular weight is 263 g/mol. The lowest BCUT2D eigenvalue weighted by Gasteiger charge is -2.30. The molecule has 106 valence electrons. The van der Waals surface area contributed by atoms with Crippen molar-refractivity contribution in [3.63, 3.8) is 0 Å². The molecule has 0 aromatic heterocycles. The summed E-state index contributed by atoms with van der Waals surface area (Å²) in [6, 6.07) is 9.05. The molecule has 0 amide bonds. The molecule has 1 aliphatic rings. The van der Waals surface area contributed by atoms with Crippen LogP contribution >= 0.6 is 0 Å². The van der Waals surface area contributed by atoms with E-state index in [1.807, 2.05) is 7.05 Å². The van der Waals surface area contributed by atoms with Gasteiger partial charge in [0, 0.05) is 7.11 Å². The van der Waals surface area contributed by atoms with Crippen LogP contribution in [0.25, 0.3) is 0 Å². The van der Waals surface area contributed by atoms with Crippen LogP contribution in [0.5, 0.6) is 0 Å². The molecule has 1 saturated carbocycles. The van der Waals surface area contributed by atoms with Crippen molar-refractivity contribution in [2.45, 2.75) is 31.2 Å². The lowest BCUT2D eigenvalue weighted by atomic mass is 9.77. The Morgan fingerprint density at radius 1 is 1.26 bits per heavy atom. The van der Waals surface area contributed by atoms with Crippen LogP contribution < -0.4 is 5.32 Å². The molecule has 19 heavy (non-hydrogen) atoms. The molecule has 1 N–H and O–H groups in total. The van der Waals surface area contributed by atoms with Crippen molar-refractivity contribution >= 4 is 0 Å². The number of methoxy groups -OCH3 is 1. The molecule has 1 atom stereocenters. The van der Waals surface area contributed by atoms with Gasteiger partial charge in [0.05, 0.1) is 25.9 Å². The first-order valence-electron chi connectivity index (χ1n) is 7.19. The first-order valence-corrected chi connectivity index (χ1v) is 7.19. The molecule has 3 heteroatoms. The van der Waals surface area contributed by atoms with Crippen molar-refractivity contribution in [2.24, 2.45) is 0 Å². The molecular weight excluding hydrogens is 238 g/mol. The number of benzene rings is 1. The lowest BCUT2D eigenvalue weighted by molar-refractivity contribution is 0.0594. The fraction of sp³-hybridized carbons (Fsp3) is 0.625. The zero-order valence-corrected chi connectivity index (χ0v) is 12.0. The van der Waals surface area contributed by atoms with E-state index in [0.29, 0.717) is 19.8 Å². The molecule has 0 heterocycles. The fourth-order valence-electron chi connectivity index (χ4n) is 2.59. The van der Waals surface area contributed by atoms with Gasteiger partial charge in [0.15, 0.2) is 0 Å². The topological polar surface area (TPSA) is 30.5 Å². The van der Waals surface area contributed by atoms with Crippen LogP contribution in [0.15, 0.2) is 24.3 Å². The molecule has 1 aromatic carbocycles. The Balaban J connectivity index is 2.00. The number of ether oxygens (including phenoxy) is 2. The van der Waals surface area contributed by atoms with E-state index in [4.69, 9.17) is 9.47 Å². The molecule has 1 unspecified atom stereocenters. The van der Waals surface area contributed by atoms with Crippen LogP contribution in [0.3, 0.4) is 0 Å². The maximum atomic E-state index is 5.68. The standard InChI is InChI=1S/C16H25NO2/c1-17-16(12-19-11-10-18-2)15-9-4-3-8-14(15)13-6-5-7-13/h3-4,8-9,13,16-17H,5-7,10-12H2,1-2H3. The molecule has 2 rings (SSSR count). The number of rotatable bonds is 8. The summed E-state index contributed by atoms with van der Waals surface area (Å²) in [5.41, 5.74) is 2.90. The van der Waals surface area contributed by atoms with Crippen LogP contribution in [0, 0.1) is 0 Å². The van der Waals surface area contributed by atoms with Gasteiger partial charge < -0.3 is 14.8 Å². The van der Waals surface area contributed by atoms with E-state index in [-0.39, 0.29) is 6.04 Å². The normalized spacial score (nSPS) is 17.2. The van der Waals surface area contributed by atoms with Crippen LogP contribution in [0.1, 0.15) is 42.3 Å². The van der Waals surface area contributed by atoms with Crippen molar-refractivity contribution in [1.82, 2.24) is 5.32 Å². The van der Waals surface area contributed by atoms with Gasteiger partial charge in [0.1, 0.15) is 0 Å². The van der Waals surface area contributed by atoms with Gasteiger partial charge in [-0.2, -0.15) is 0 Å². The van der Waals surface area contributed by atoms with E-state index in [1.165, 1.54) is 30.4 Å². The largest absolute Gasteiger partial charge is 0.382 e. The van der Waals surface area contributed by atoms with E-state index in [2.05, 4.69) is 29.6 Å². The zero-order chi connectivity index (χ0) is 13.5. The predicted molar refractivity (Wildman–Crippen MR) is 77.5 cm³/mol. The molecule has 0 saturated heterocycles. The Hall–Kier alpha value is -0.900. The van der Waals surface area contributed by atoms with Gasteiger partial charge in [0.25, 0.3) is 0 Å². The SMILES string of the molecule is CNC(COCCOC)c1ccccc1C1CCC1. The minimum Gasteiger partial charge on any atom is -0.382 e. The van der Waals surface area contributed by atoms with Crippen LogP contribution in [-0.2, 0) is 9.47 Å². The Morgan fingerprint density at radius 2 is 2.05 bits per heavy atom. The highest BCUT2D eigenvalue weighted by Gasteiger charge is 2.24. The third-order valence-electron chi connectivity index (χ3n) is 3.98. The Kier molecular flexibility index (Phi) is 5.83. The second kappa shape index (κ2) is 7.63. The fourth-order valence-corrected chi connectivity index (χ4v) is 2.59. The van der Waals surface area contributed by atoms with Crippen molar-refractivity contribution in [3.05, 3.63) is 35.4 Å². The Morgan fingerprint density at radius 3 is 2.68 bits per heavy atom. The zero-order valence-electron chi connectivity index (χ0n) is 12.0. The number of nitrogens with one attached hydrogen (secondary N) is 1. The molecule has 0 aliphatic heterocycles. The third-order valence-corrected chi connectivity index (χ3v) is 3.98. The summed E-state index contributed by atoms with van der Waals surface area (Å²) in [5, 5.41) is 3.37. The molecule has 0 spiro atoms. The highest BCUT2D eigenvalue weighted by Crippen LogP contribution is 2.39. The second-order valence-electron chi connectivity index (χ2n) is 5.17. The smallest absolute Gasteiger partial charge is 0.0701 e. The molecule has 0 radical (unpaired) electrons. The quantitative estimate of drug-likeness (QED) is 0.732. The second-order valence-corrected chi connectivity index (χ2v) is 5.17. The Bertz CT molecular complexity index is 377. The Labute approximate surface area is 116 Å². The highest BCUT2D eigenvalue weighted by atomic mass is 16.5. The van der Waals surface area contributed by atoms with Gasteiger partial charge in [0.2, 0.25) is 0 Å². The number of hydrogen-bond donors (Lipinski definition) is 1. The monoisotopic (exact) mass is 263 g/mol. The van der Waals surface area contributed by atoms with E-state index >= 15 is 0 Å². The van der Waals surface area contributed by atoms with Crippen molar-refractivity contribution in [2.75, 3.05) is 34.0 Å². The maximum Gasteiger partial charge on any atom is 0.0701 e. The van der Waals surface area contributed by atoms with Gasteiger partial charge in [-0.05, 0) is 36.9 Å². The van der Waals surface area contributed by atoms with Crippen LogP contribution in [-0.4, -0.2) is 34.0 Å². The minimum absolute atomic E-state index is 0.272. The maximum absolute atomic E-state index is 5.68. The van der Waals surface area contributed by atoms with Crippen LogP contribution in [0.4, 0.5) is 0 Å². The number of hydrogen-bond acceptors (Lipinski definition) is 3. The summed E-state index contributed by atoms with van der Waals surface area (Å²) in [6.45, 7) is 2.00. The summed E-state index contributed by atoms with van der Waals surface area (Å²) in [5.74, 6) is 0.756. The van der Waals surface area contributed by atoms with E-state index in [9.17, 15) is 0 Å². The molecular formula is C16H25NO2. The average Bonchev–Trinajstić information content (AvgIpc) is 2.38. The van der Waals surface area contributed by atoms with E-state index in [0.717, 1.165) is 5.92 Å². The first-order chi connectivity index (χ1) is 9.36.